The fourth-order valence-electron chi connectivity index (χ4n) is 2.25. The lowest BCUT2D eigenvalue weighted by molar-refractivity contribution is 0.0696. The maximum absolute atomic E-state index is 13.1. The number of pyridine rings is 1. The van der Waals surface area contributed by atoms with Crippen molar-refractivity contribution in [1.29, 1.82) is 0 Å². The lowest BCUT2D eigenvalue weighted by atomic mass is 10.2. The quantitative estimate of drug-likeness (QED) is 0.758. The summed E-state index contributed by atoms with van der Waals surface area (Å²) in [5, 5.41) is 13.6. The van der Waals surface area contributed by atoms with Gasteiger partial charge in [-0.15, -0.1) is 0 Å². The number of carboxylic acid groups (broad SMARTS) is 1. The Hall–Kier alpha value is -2.99. The summed E-state index contributed by atoms with van der Waals surface area (Å²) in [6, 6.07) is 8.94. The number of nitrogens with zero attached hydrogens (tertiary/aromatic N) is 3. The van der Waals surface area contributed by atoms with Crippen LogP contribution in [0.4, 0.5) is 4.39 Å². The molecular formula is C18H13ClFN3O2. The van der Waals surface area contributed by atoms with Crippen molar-refractivity contribution in [3.8, 4) is 5.69 Å². The summed E-state index contributed by atoms with van der Waals surface area (Å²) in [6.45, 7) is 1.81. The van der Waals surface area contributed by atoms with Gasteiger partial charge in [-0.1, -0.05) is 11.6 Å². The van der Waals surface area contributed by atoms with Crippen LogP contribution >= 0.6 is 11.6 Å². The van der Waals surface area contributed by atoms with E-state index in [0.29, 0.717) is 27.8 Å². The predicted octanol–water partition coefficient (Wildman–Crippen LogP) is 4.24. The summed E-state index contributed by atoms with van der Waals surface area (Å²) in [4.78, 5) is 14.9. The summed E-state index contributed by atoms with van der Waals surface area (Å²) in [7, 11) is 0. The van der Waals surface area contributed by atoms with Crippen LogP contribution < -0.4 is 0 Å². The fraction of sp³-hybridized carbons (Fsp3) is 0.0556. The van der Waals surface area contributed by atoms with Crippen LogP contribution in [0.15, 0.2) is 42.6 Å². The van der Waals surface area contributed by atoms with Gasteiger partial charge >= 0.3 is 5.97 Å². The molecule has 0 fully saturated rings. The summed E-state index contributed by atoms with van der Waals surface area (Å²) >= 11 is 6.39. The first-order chi connectivity index (χ1) is 12.0. The summed E-state index contributed by atoms with van der Waals surface area (Å²) < 4.78 is 14.6. The number of aromatic nitrogens is 3. The SMILES string of the molecule is Cc1nn(-c2ccc(F)cc2)c(Cl)c1C=Cc1ccc(C(=O)O)cn1. The van der Waals surface area contributed by atoms with E-state index in [4.69, 9.17) is 16.7 Å². The van der Waals surface area contributed by atoms with Crippen LogP contribution in [0.3, 0.4) is 0 Å². The molecule has 0 amide bonds. The highest BCUT2D eigenvalue weighted by Crippen LogP contribution is 2.25. The van der Waals surface area contributed by atoms with E-state index < -0.39 is 5.97 Å². The Bertz CT molecular complexity index is 948. The Morgan fingerprint density at radius 3 is 2.52 bits per heavy atom. The smallest absolute Gasteiger partial charge is 0.337 e. The number of aryl methyl sites for hydroxylation is 1. The molecule has 3 aromatic rings. The molecule has 0 unspecified atom stereocenters. The molecule has 25 heavy (non-hydrogen) atoms. The van der Waals surface area contributed by atoms with Gasteiger partial charge in [-0.3, -0.25) is 4.98 Å². The van der Waals surface area contributed by atoms with Gasteiger partial charge in [0.15, 0.2) is 0 Å². The van der Waals surface area contributed by atoms with Gasteiger partial charge < -0.3 is 5.11 Å². The highest BCUT2D eigenvalue weighted by Gasteiger charge is 2.12. The third kappa shape index (κ3) is 3.59. The van der Waals surface area contributed by atoms with Crippen molar-refractivity contribution in [2.75, 3.05) is 0 Å². The Kier molecular flexibility index (Phi) is 4.63. The molecule has 0 bridgehead atoms. The molecule has 0 spiro atoms. The van der Waals surface area contributed by atoms with E-state index in [1.54, 1.807) is 30.4 Å². The Balaban J connectivity index is 1.90. The molecule has 1 aromatic carbocycles. The second-order valence-corrected chi connectivity index (χ2v) is 5.65. The number of halogens is 2. The molecule has 2 heterocycles. The third-order valence-electron chi connectivity index (χ3n) is 3.57. The second kappa shape index (κ2) is 6.86. The zero-order valence-corrected chi connectivity index (χ0v) is 13.9. The third-order valence-corrected chi connectivity index (χ3v) is 3.94. The van der Waals surface area contributed by atoms with Crippen molar-refractivity contribution in [2.45, 2.75) is 6.92 Å². The maximum atomic E-state index is 13.1. The van der Waals surface area contributed by atoms with E-state index in [-0.39, 0.29) is 11.4 Å². The molecule has 0 aliphatic heterocycles. The molecule has 0 aliphatic rings. The average Bonchev–Trinajstić information content (AvgIpc) is 2.88. The van der Waals surface area contributed by atoms with Crippen LogP contribution in [-0.4, -0.2) is 25.8 Å². The molecule has 0 atom stereocenters. The largest absolute Gasteiger partial charge is 0.478 e. The van der Waals surface area contributed by atoms with Gasteiger partial charge in [0.25, 0.3) is 0 Å². The Morgan fingerprint density at radius 2 is 1.92 bits per heavy atom. The van der Waals surface area contributed by atoms with Crippen LogP contribution in [0.25, 0.3) is 17.8 Å². The van der Waals surface area contributed by atoms with Gasteiger partial charge in [-0.2, -0.15) is 5.10 Å². The van der Waals surface area contributed by atoms with Gasteiger partial charge in [-0.05, 0) is 55.5 Å². The van der Waals surface area contributed by atoms with Crippen LogP contribution in [0, 0.1) is 12.7 Å². The zero-order chi connectivity index (χ0) is 18.0. The first kappa shape index (κ1) is 16.9. The first-order valence-electron chi connectivity index (χ1n) is 7.34. The van der Waals surface area contributed by atoms with Crippen LogP contribution in [0.1, 0.15) is 27.3 Å². The number of carbonyl (C=O) groups is 1. The van der Waals surface area contributed by atoms with Crippen LogP contribution in [0.5, 0.6) is 0 Å². The second-order valence-electron chi connectivity index (χ2n) is 5.29. The summed E-state index contributed by atoms with van der Waals surface area (Å²) in [5.41, 5.74) is 2.77. The number of rotatable bonds is 4. The van der Waals surface area contributed by atoms with Crippen molar-refractivity contribution in [3.63, 3.8) is 0 Å². The van der Waals surface area contributed by atoms with E-state index in [2.05, 4.69) is 10.1 Å². The van der Waals surface area contributed by atoms with E-state index in [1.807, 2.05) is 6.92 Å². The van der Waals surface area contributed by atoms with Gasteiger partial charge in [0, 0.05) is 11.8 Å². The van der Waals surface area contributed by atoms with Crippen molar-refractivity contribution in [2.24, 2.45) is 0 Å². The predicted molar refractivity (Wildman–Crippen MR) is 93.4 cm³/mol. The first-order valence-corrected chi connectivity index (χ1v) is 7.72. The number of hydrogen-bond donors (Lipinski definition) is 1. The molecule has 2 aromatic heterocycles. The fourth-order valence-corrected chi connectivity index (χ4v) is 2.59. The molecular weight excluding hydrogens is 345 g/mol. The standard InChI is InChI=1S/C18H13ClFN3O2/c1-11-16(9-6-14-5-2-12(10-21-14)18(24)25)17(19)23(22-11)15-7-3-13(20)4-8-15/h2-10H,1H3,(H,24,25). The van der Waals surface area contributed by atoms with Crippen molar-refractivity contribution >= 4 is 29.7 Å². The van der Waals surface area contributed by atoms with E-state index in [0.717, 1.165) is 0 Å². The molecule has 0 saturated heterocycles. The normalized spacial score (nSPS) is 11.2. The molecule has 126 valence electrons. The lowest BCUT2D eigenvalue weighted by Crippen LogP contribution is -1.96. The average molecular weight is 358 g/mol. The Morgan fingerprint density at radius 1 is 1.20 bits per heavy atom. The van der Waals surface area contributed by atoms with E-state index >= 15 is 0 Å². The molecule has 3 rings (SSSR count). The topological polar surface area (TPSA) is 68.0 Å². The van der Waals surface area contributed by atoms with Crippen molar-refractivity contribution in [3.05, 3.63) is 76.1 Å². The van der Waals surface area contributed by atoms with Gasteiger partial charge in [0.2, 0.25) is 0 Å². The minimum absolute atomic E-state index is 0.121. The molecule has 1 N–H and O–H groups in total. The number of aromatic carboxylic acids is 1. The van der Waals surface area contributed by atoms with E-state index in [1.165, 1.54) is 29.1 Å². The number of benzene rings is 1. The van der Waals surface area contributed by atoms with Gasteiger partial charge in [0.1, 0.15) is 11.0 Å². The van der Waals surface area contributed by atoms with Gasteiger partial charge in [-0.25, -0.2) is 13.9 Å². The highest BCUT2D eigenvalue weighted by atomic mass is 35.5. The number of hydrogen-bond acceptors (Lipinski definition) is 3. The molecule has 0 saturated carbocycles. The minimum Gasteiger partial charge on any atom is -0.478 e. The Labute approximate surface area is 148 Å². The highest BCUT2D eigenvalue weighted by molar-refractivity contribution is 6.31. The van der Waals surface area contributed by atoms with E-state index in [9.17, 15) is 9.18 Å². The summed E-state index contributed by atoms with van der Waals surface area (Å²) in [5.74, 6) is -1.36. The lowest BCUT2D eigenvalue weighted by Gasteiger charge is -2.02. The zero-order valence-electron chi connectivity index (χ0n) is 13.1. The molecule has 7 heteroatoms. The molecule has 0 aliphatic carbocycles. The van der Waals surface area contributed by atoms with Crippen LogP contribution in [0.2, 0.25) is 5.15 Å². The monoisotopic (exact) mass is 357 g/mol. The van der Waals surface area contributed by atoms with Crippen LogP contribution in [-0.2, 0) is 0 Å². The maximum Gasteiger partial charge on any atom is 0.337 e. The van der Waals surface area contributed by atoms with Crippen molar-refractivity contribution in [1.82, 2.24) is 14.8 Å². The minimum atomic E-state index is -1.03. The van der Waals surface area contributed by atoms with Crippen molar-refractivity contribution < 1.29 is 14.3 Å². The number of carboxylic acids is 1. The summed E-state index contributed by atoms with van der Waals surface area (Å²) in [6.07, 6.45) is 4.77. The van der Waals surface area contributed by atoms with Gasteiger partial charge in [0.05, 0.1) is 22.6 Å². The molecule has 0 radical (unpaired) electrons. The molecule has 5 nitrogen and oxygen atoms in total.